The number of aromatic nitrogens is 1. The third-order valence-electron chi connectivity index (χ3n) is 3.09. The minimum absolute atomic E-state index is 0.0744. The van der Waals surface area contributed by atoms with Gasteiger partial charge in [0.2, 0.25) is 5.78 Å². The molecule has 4 nitrogen and oxygen atoms in total. The first kappa shape index (κ1) is 13.3. The summed E-state index contributed by atoms with van der Waals surface area (Å²) < 4.78 is 10.7. The summed E-state index contributed by atoms with van der Waals surface area (Å²) in [5.41, 5.74) is 2.59. The molecule has 2 aromatic heterocycles. The second kappa shape index (κ2) is 5.26. The molecule has 19 heavy (non-hydrogen) atoms. The molecule has 2 rings (SSSR count). The number of carbonyl (C=O) groups excluding carboxylic acids is 1. The summed E-state index contributed by atoms with van der Waals surface area (Å²) in [4.78, 5) is 16.4. The molecule has 0 saturated heterocycles. The third kappa shape index (κ3) is 2.67. The van der Waals surface area contributed by atoms with Crippen LogP contribution in [-0.2, 0) is 6.42 Å². The van der Waals surface area contributed by atoms with Gasteiger partial charge in [-0.3, -0.25) is 9.78 Å². The Balaban J connectivity index is 2.27. The molecular formula is C15H17NO3. The Bertz CT molecular complexity index is 614. The predicted octanol–water partition coefficient (Wildman–Crippen LogP) is 3.03. The van der Waals surface area contributed by atoms with Gasteiger partial charge in [0.05, 0.1) is 19.2 Å². The SMILES string of the molecule is COc1c(C)cnc(CC(=O)c2ccc(C)o2)c1C. The molecular weight excluding hydrogens is 242 g/mol. The van der Waals surface area contributed by atoms with Crippen molar-refractivity contribution in [3.8, 4) is 5.75 Å². The Kier molecular flexibility index (Phi) is 3.69. The Morgan fingerprint density at radius 2 is 2.05 bits per heavy atom. The molecule has 0 aromatic carbocycles. The molecule has 2 aromatic rings. The van der Waals surface area contributed by atoms with Crippen molar-refractivity contribution in [2.24, 2.45) is 0 Å². The number of rotatable bonds is 4. The average molecular weight is 259 g/mol. The number of carbonyl (C=O) groups is 1. The van der Waals surface area contributed by atoms with Crippen molar-refractivity contribution in [3.05, 3.63) is 46.7 Å². The summed E-state index contributed by atoms with van der Waals surface area (Å²) >= 11 is 0. The Morgan fingerprint density at radius 1 is 1.32 bits per heavy atom. The first-order valence-electron chi connectivity index (χ1n) is 6.11. The van der Waals surface area contributed by atoms with Gasteiger partial charge in [-0.25, -0.2) is 0 Å². The fraction of sp³-hybridized carbons (Fsp3) is 0.333. The van der Waals surface area contributed by atoms with Gasteiger partial charge in [-0.15, -0.1) is 0 Å². The molecule has 0 radical (unpaired) electrons. The van der Waals surface area contributed by atoms with Crippen molar-refractivity contribution in [1.82, 2.24) is 4.98 Å². The molecule has 2 heterocycles. The van der Waals surface area contributed by atoms with E-state index in [4.69, 9.17) is 9.15 Å². The van der Waals surface area contributed by atoms with E-state index < -0.39 is 0 Å². The highest BCUT2D eigenvalue weighted by atomic mass is 16.5. The molecule has 4 heteroatoms. The Morgan fingerprint density at radius 3 is 2.63 bits per heavy atom. The maximum absolute atomic E-state index is 12.1. The van der Waals surface area contributed by atoms with E-state index in [9.17, 15) is 4.79 Å². The van der Waals surface area contributed by atoms with Gasteiger partial charge in [0.15, 0.2) is 5.76 Å². The van der Waals surface area contributed by atoms with Gasteiger partial charge in [0.25, 0.3) is 0 Å². The maximum Gasteiger partial charge on any atom is 0.203 e. The topological polar surface area (TPSA) is 52.3 Å². The van der Waals surface area contributed by atoms with Crippen LogP contribution in [0, 0.1) is 20.8 Å². The van der Waals surface area contributed by atoms with Gasteiger partial charge in [-0.05, 0) is 32.9 Å². The van der Waals surface area contributed by atoms with Gasteiger partial charge >= 0.3 is 0 Å². The fourth-order valence-corrected chi connectivity index (χ4v) is 2.07. The van der Waals surface area contributed by atoms with Gasteiger partial charge in [-0.1, -0.05) is 0 Å². The van der Waals surface area contributed by atoms with E-state index in [1.54, 1.807) is 25.4 Å². The minimum atomic E-state index is -0.0744. The highest BCUT2D eigenvalue weighted by molar-refractivity contribution is 5.95. The molecule has 0 aliphatic heterocycles. The Hall–Kier alpha value is -2.10. The van der Waals surface area contributed by atoms with E-state index in [2.05, 4.69) is 4.98 Å². The van der Waals surface area contributed by atoms with Crippen LogP contribution in [0.25, 0.3) is 0 Å². The standard InChI is InChI=1S/C15H17NO3/c1-9-8-16-12(11(3)15(9)18-4)7-13(17)14-6-5-10(2)19-14/h5-6,8H,7H2,1-4H3. The van der Waals surface area contributed by atoms with Crippen molar-refractivity contribution in [2.45, 2.75) is 27.2 Å². The molecule has 0 spiro atoms. The largest absolute Gasteiger partial charge is 0.496 e. The molecule has 0 atom stereocenters. The first-order chi connectivity index (χ1) is 9.02. The summed E-state index contributed by atoms with van der Waals surface area (Å²) in [7, 11) is 1.62. The van der Waals surface area contributed by atoms with Crippen LogP contribution in [0.5, 0.6) is 5.75 Å². The predicted molar refractivity (Wildman–Crippen MR) is 71.7 cm³/mol. The maximum atomic E-state index is 12.1. The first-order valence-corrected chi connectivity index (χ1v) is 6.11. The zero-order valence-electron chi connectivity index (χ0n) is 11.6. The van der Waals surface area contributed by atoms with E-state index in [1.165, 1.54) is 0 Å². The van der Waals surface area contributed by atoms with Crippen LogP contribution >= 0.6 is 0 Å². The molecule has 0 amide bonds. The molecule has 0 unspecified atom stereocenters. The number of furan rings is 1. The van der Waals surface area contributed by atoms with Crippen molar-refractivity contribution in [3.63, 3.8) is 0 Å². The van der Waals surface area contributed by atoms with Crippen LogP contribution in [0.4, 0.5) is 0 Å². The molecule has 0 N–H and O–H groups in total. The summed E-state index contributed by atoms with van der Waals surface area (Å²) in [5, 5.41) is 0. The molecule has 100 valence electrons. The zero-order valence-corrected chi connectivity index (χ0v) is 11.6. The number of methoxy groups -OCH3 is 1. The summed E-state index contributed by atoms with van der Waals surface area (Å²) in [5.74, 6) is 1.82. The average Bonchev–Trinajstić information content (AvgIpc) is 2.80. The second-order valence-electron chi connectivity index (χ2n) is 4.56. The quantitative estimate of drug-likeness (QED) is 0.792. The van der Waals surface area contributed by atoms with Crippen molar-refractivity contribution < 1.29 is 13.9 Å². The van der Waals surface area contributed by atoms with E-state index in [1.807, 2.05) is 20.8 Å². The fourth-order valence-electron chi connectivity index (χ4n) is 2.07. The number of ether oxygens (including phenoxy) is 1. The number of pyridine rings is 1. The zero-order chi connectivity index (χ0) is 14.0. The monoisotopic (exact) mass is 259 g/mol. The van der Waals surface area contributed by atoms with Crippen molar-refractivity contribution in [1.29, 1.82) is 0 Å². The number of nitrogens with zero attached hydrogens (tertiary/aromatic N) is 1. The summed E-state index contributed by atoms with van der Waals surface area (Å²) in [6, 6.07) is 3.47. The van der Waals surface area contributed by atoms with Crippen LogP contribution in [0.15, 0.2) is 22.7 Å². The summed E-state index contributed by atoms with van der Waals surface area (Å²) in [6.07, 6.45) is 1.94. The van der Waals surface area contributed by atoms with E-state index >= 15 is 0 Å². The van der Waals surface area contributed by atoms with E-state index in [0.717, 1.165) is 28.3 Å². The summed E-state index contributed by atoms with van der Waals surface area (Å²) in [6.45, 7) is 5.66. The lowest BCUT2D eigenvalue weighted by molar-refractivity contribution is 0.0964. The van der Waals surface area contributed by atoms with Crippen LogP contribution in [0.3, 0.4) is 0 Å². The highest BCUT2D eigenvalue weighted by Gasteiger charge is 2.16. The van der Waals surface area contributed by atoms with Crippen molar-refractivity contribution in [2.75, 3.05) is 7.11 Å². The smallest absolute Gasteiger partial charge is 0.203 e. The van der Waals surface area contributed by atoms with Crippen LogP contribution in [0.2, 0.25) is 0 Å². The van der Waals surface area contributed by atoms with E-state index in [0.29, 0.717) is 5.76 Å². The molecule has 0 bridgehead atoms. The van der Waals surface area contributed by atoms with Crippen LogP contribution in [0.1, 0.15) is 33.1 Å². The van der Waals surface area contributed by atoms with E-state index in [-0.39, 0.29) is 12.2 Å². The van der Waals surface area contributed by atoms with Crippen molar-refractivity contribution >= 4 is 5.78 Å². The van der Waals surface area contributed by atoms with Gasteiger partial charge in [-0.2, -0.15) is 0 Å². The minimum Gasteiger partial charge on any atom is -0.496 e. The lowest BCUT2D eigenvalue weighted by Gasteiger charge is -2.11. The highest BCUT2D eigenvalue weighted by Crippen LogP contribution is 2.24. The van der Waals surface area contributed by atoms with Gasteiger partial charge < -0.3 is 9.15 Å². The normalized spacial score (nSPS) is 10.5. The third-order valence-corrected chi connectivity index (χ3v) is 3.09. The number of aryl methyl sites for hydroxylation is 2. The number of Topliss-reactive ketones (excluding diaryl/α,β-unsaturated/α-hetero) is 1. The lowest BCUT2D eigenvalue weighted by Crippen LogP contribution is -2.07. The molecule has 0 aliphatic carbocycles. The molecule has 0 saturated carbocycles. The number of hydrogen-bond acceptors (Lipinski definition) is 4. The van der Waals surface area contributed by atoms with Gasteiger partial charge in [0, 0.05) is 17.3 Å². The number of ketones is 1. The Labute approximate surface area is 112 Å². The van der Waals surface area contributed by atoms with Gasteiger partial charge in [0.1, 0.15) is 11.5 Å². The van der Waals surface area contributed by atoms with Crippen LogP contribution in [-0.4, -0.2) is 17.9 Å². The number of hydrogen-bond donors (Lipinski definition) is 0. The second-order valence-corrected chi connectivity index (χ2v) is 4.56. The molecule has 0 fully saturated rings. The van der Waals surface area contributed by atoms with Crippen LogP contribution < -0.4 is 4.74 Å². The molecule has 0 aliphatic rings. The lowest BCUT2D eigenvalue weighted by atomic mass is 10.1.